The van der Waals surface area contributed by atoms with Crippen molar-refractivity contribution in [3.63, 3.8) is 0 Å². The smallest absolute Gasteiger partial charge is 0.191 e. The molecule has 2 fully saturated rings. The number of rotatable bonds is 9. The molecule has 1 saturated carbocycles. The van der Waals surface area contributed by atoms with Crippen LogP contribution in [0.25, 0.3) is 0 Å². The van der Waals surface area contributed by atoms with E-state index in [0.717, 1.165) is 64.9 Å². The fraction of sp³-hybridized carbons (Fsp3) is 0.944. The summed E-state index contributed by atoms with van der Waals surface area (Å²) in [7, 11) is 0. The molecule has 0 amide bonds. The summed E-state index contributed by atoms with van der Waals surface area (Å²) >= 11 is 0. The average molecular weight is 341 g/mol. The van der Waals surface area contributed by atoms with E-state index in [4.69, 9.17) is 14.5 Å². The highest BCUT2D eigenvalue weighted by molar-refractivity contribution is 5.79. The van der Waals surface area contributed by atoms with Gasteiger partial charge in [-0.3, -0.25) is 9.89 Å². The maximum absolute atomic E-state index is 5.90. The first kappa shape index (κ1) is 19.5. The molecule has 2 rings (SSSR count). The lowest BCUT2D eigenvalue weighted by Crippen LogP contribution is -2.44. The van der Waals surface area contributed by atoms with Crippen molar-refractivity contribution in [1.82, 2.24) is 15.5 Å². The standard InChI is InChI=1S/C18H36N4O2/c1-3-19-18(20-9-6-12-24-17-7-4-5-8-17)21-15-16(2)22-10-13-23-14-11-22/h16-17H,3-15H2,1-2H3,(H2,19,20,21). The Bertz CT molecular complexity index is 353. The molecule has 1 atom stereocenters. The molecule has 1 heterocycles. The van der Waals surface area contributed by atoms with E-state index in [2.05, 4.69) is 29.4 Å². The van der Waals surface area contributed by atoms with Crippen LogP contribution in [-0.4, -0.2) is 75.5 Å². The third-order valence-electron chi connectivity index (χ3n) is 4.80. The van der Waals surface area contributed by atoms with Gasteiger partial charge in [0.25, 0.3) is 0 Å². The Morgan fingerprint density at radius 1 is 1.25 bits per heavy atom. The number of aliphatic imine (C=N–C) groups is 1. The van der Waals surface area contributed by atoms with Crippen molar-refractivity contribution in [2.45, 2.75) is 58.1 Å². The molecule has 24 heavy (non-hydrogen) atoms. The molecule has 6 nitrogen and oxygen atoms in total. The molecule has 1 aliphatic carbocycles. The molecule has 0 aromatic carbocycles. The number of guanidine groups is 1. The van der Waals surface area contributed by atoms with E-state index in [1.807, 2.05) is 0 Å². The zero-order chi connectivity index (χ0) is 17.0. The van der Waals surface area contributed by atoms with E-state index in [1.54, 1.807) is 0 Å². The van der Waals surface area contributed by atoms with Gasteiger partial charge in [0.15, 0.2) is 5.96 Å². The minimum atomic E-state index is 0.454. The zero-order valence-corrected chi connectivity index (χ0v) is 15.6. The Balaban J connectivity index is 1.61. The molecule has 2 N–H and O–H groups in total. The monoisotopic (exact) mass is 340 g/mol. The summed E-state index contributed by atoms with van der Waals surface area (Å²) in [5.74, 6) is 0.915. The van der Waals surface area contributed by atoms with E-state index < -0.39 is 0 Å². The van der Waals surface area contributed by atoms with Crippen LogP contribution in [-0.2, 0) is 9.47 Å². The van der Waals surface area contributed by atoms with E-state index in [0.29, 0.717) is 12.1 Å². The normalized spacial score (nSPS) is 21.8. The fourth-order valence-electron chi connectivity index (χ4n) is 3.28. The highest BCUT2D eigenvalue weighted by Crippen LogP contribution is 2.20. The van der Waals surface area contributed by atoms with Gasteiger partial charge in [-0.1, -0.05) is 12.8 Å². The summed E-state index contributed by atoms with van der Waals surface area (Å²) in [6.07, 6.45) is 6.71. The van der Waals surface area contributed by atoms with E-state index >= 15 is 0 Å². The van der Waals surface area contributed by atoms with Gasteiger partial charge < -0.3 is 20.1 Å². The largest absolute Gasteiger partial charge is 0.379 e. The number of morpholine rings is 1. The first-order valence-electron chi connectivity index (χ1n) is 9.75. The lowest BCUT2D eigenvalue weighted by Gasteiger charge is -2.31. The van der Waals surface area contributed by atoms with Crippen molar-refractivity contribution in [3.8, 4) is 0 Å². The predicted molar refractivity (Wildman–Crippen MR) is 98.7 cm³/mol. The van der Waals surface area contributed by atoms with E-state index in [1.165, 1.54) is 25.7 Å². The molecule has 0 bridgehead atoms. The molecule has 0 aromatic rings. The predicted octanol–water partition coefficient (Wildman–Crippen LogP) is 1.61. The average Bonchev–Trinajstić information content (AvgIpc) is 3.13. The minimum absolute atomic E-state index is 0.454. The van der Waals surface area contributed by atoms with Crippen LogP contribution in [0.3, 0.4) is 0 Å². The first-order chi connectivity index (χ1) is 11.8. The lowest BCUT2D eigenvalue weighted by molar-refractivity contribution is 0.0220. The van der Waals surface area contributed by atoms with Gasteiger partial charge in [-0.05, 0) is 33.1 Å². The molecule has 1 aliphatic heterocycles. The molecule has 1 unspecified atom stereocenters. The Morgan fingerprint density at radius 2 is 2.00 bits per heavy atom. The van der Waals surface area contributed by atoms with Gasteiger partial charge in [0.1, 0.15) is 0 Å². The van der Waals surface area contributed by atoms with Crippen molar-refractivity contribution in [1.29, 1.82) is 0 Å². The molecule has 0 radical (unpaired) electrons. The zero-order valence-electron chi connectivity index (χ0n) is 15.6. The summed E-state index contributed by atoms with van der Waals surface area (Å²) in [6, 6.07) is 0.454. The number of hydrogen-bond acceptors (Lipinski definition) is 4. The second-order valence-corrected chi connectivity index (χ2v) is 6.77. The van der Waals surface area contributed by atoms with Crippen molar-refractivity contribution >= 4 is 5.96 Å². The molecular weight excluding hydrogens is 304 g/mol. The number of nitrogens with zero attached hydrogens (tertiary/aromatic N) is 2. The maximum Gasteiger partial charge on any atom is 0.191 e. The van der Waals surface area contributed by atoms with Gasteiger partial charge in [-0.15, -0.1) is 0 Å². The summed E-state index contributed by atoms with van der Waals surface area (Å²) in [4.78, 5) is 7.19. The molecular formula is C18H36N4O2. The van der Waals surface area contributed by atoms with Crippen LogP contribution in [0.2, 0.25) is 0 Å². The third-order valence-corrected chi connectivity index (χ3v) is 4.80. The van der Waals surface area contributed by atoms with Crippen LogP contribution in [0.5, 0.6) is 0 Å². The van der Waals surface area contributed by atoms with Crippen molar-refractivity contribution in [2.75, 3.05) is 52.5 Å². The molecule has 0 spiro atoms. The topological polar surface area (TPSA) is 58.1 Å². The van der Waals surface area contributed by atoms with Crippen LogP contribution in [0, 0.1) is 0 Å². The molecule has 6 heteroatoms. The van der Waals surface area contributed by atoms with Gasteiger partial charge in [-0.25, -0.2) is 0 Å². The van der Waals surface area contributed by atoms with Crippen LogP contribution in [0.1, 0.15) is 46.0 Å². The van der Waals surface area contributed by atoms with Gasteiger partial charge in [0, 0.05) is 38.8 Å². The molecule has 140 valence electrons. The van der Waals surface area contributed by atoms with Crippen LogP contribution in [0.4, 0.5) is 0 Å². The van der Waals surface area contributed by atoms with Crippen LogP contribution in [0.15, 0.2) is 4.99 Å². The second kappa shape index (κ2) is 11.7. The SMILES string of the molecule is CCNC(=NCC(C)N1CCOCC1)NCCCOC1CCCC1. The Morgan fingerprint density at radius 3 is 2.71 bits per heavy atom. The van der Waals surface area contributed by atoms with Crippen molar-refractivity contribution in [2.24, 2.45) is 4.99 Å². The highest BCUT2D eigenvalue weighted by atomic mass is 16.5. The van der Waals surface area contributed by atoms with Crippen molar-refractivity contribution < 1.29 is 9.47 Å². The quantitative estimate of drug-likeness (QED) is 0.379. The lowest BCUT2D eigenvalue weighted by atomic mass is 10.2. The third kappa shape index (κ3) is 7.36. The summed E-state index contributed by atoms with van der Waals surface area (Å²) in [5.41, 5.74) is 0. The highest BCUT2D eigenvalue weighted by Gasteiger charge is 2.17. The van der Waals surface area contributed by atoms with Crippen LogP contribution >= 0.6 is 0 Å². The van der Waals surface area contributed by atoms with Crippen LogP contribution < -0.4 is 10.6 Å². The van der Waals surface area contributed by atoms with E-state index in [-0.39, 0.29) is 0 Å². The van der Waals surface area contributed by atoms with E-state index in [9.17, 15) is 0 Å². The van der Waals surface area contributed by atoms with Crippen molar-refractivity contribution in [3.05, 3.63) is 0 Å². The second-order valence-electron chi connectivity index (χ2n) is 6.77. The molecule has 1 saturated heterocycles. The number of ether oxygens (including phenoxy) is 2. The summed E-state index contributed by atoms with van der Waals surface area (Å²) in [5, 5.41) is 6.75. The maximum atomic E-state index is 5.90. The van der Waals surface area contributed by atoms with Gasteiger partial charge >= 0.3 is 0 Å². The van der Waals surface area contributed by atoms with Gasteiger partial charge in [0.05, 0.1) is 25.9 Å². The molecule has 0 aromatic heterocycles. The van der Waals surface area contributed by atoms with Gasteiger partial charge in [-0.2, -0.15) is 0 Å². The fourth-order valence-corrected chi connectivity index (χ4v) is 3.28. The van der Waals surface area contributed by atoms with Gasteiger partial charge in [0.2, 0.25) is 0 Å². The summed E-state index contributed by atoms with van der Waals surface area (Å²) < 4.78 is 11.3. The Kier molecular flexibility index (Phi) is 9.46. The minimum Gasteiger partial charge on any atom is -0.379 e. The Labute approximate surface area is 147 Å². The Hall–Kier alpha value is -0.850. The molecule has 2 aliphatic rings. The number of nitrogens with one attached hydrogen (secondary N) is 2. The summed E-state index contributed by atoms with van der Waals surface area (Å²) in [6.45, 7) is 11.5. The first-order valence-corrected chi connectivity index (χ1v) is 9.75. The number of hydrogen-bond donors (Lipinski definition) is 2.